The Kier molecular flexibility index (Phi) is 4.57. The van der Waals surface area contributed by atoms with E-state index in [4.69, 9.17) is 0 Å². The lowest BCUT2D eigenvalue weighted by atomic mass is 10.2. The van der Waals surface area contributed by atoms with Gasteiger partial charge < -0.3 is 5.32 Å². The van der Waals surface area contributed by atoms with Crippen LogP contribution in [-0.4, -0.2) is 45.5 Å². The van der Waals surface area contributed by atoms with Crippen LogP contribution in [0.3, 0.4) is 0 Å². The molecule has 0 amide bonds. The van der Waals surface area contributed by atoms with E-state index in [0.29, 0.717) is 12.8 Å². The van der Waals surface area contributed by atoms with Crippen molar-refractivity contribution in [3.8, 4) is 0 Å². The monoisotopic (exact) mass is 261 g/mol. The fraction of sp³-hybridized carbons (Fsp3) is 1.00. The van der Waals surface area contributed by atoms with Gasteiger partial charge in [-0.2, -0.15) is 0 Å². The second kappa shape index (κ2) is 5.33. The maximum absolute atomic E-state index is 11.6. The second-order valence-electron chi connectivity index (χ2n) is 3.70. The maximum Gasteiger partial charge on any atom is 0.522 e. The molecule has 1 heterocycles. The fourth-order valence-corrected chi connectivity index (χ4v) is 3.28. The van der Waals surface area contributed by atoms with Crippen LogP contribution in [0.15, 0.2) is 0 Å². The van der Waals surface area contributed by atoms with Crippen LogP contribution in [0.4, 0.5) is 13.2 Å². The van der Waals surface area contributed by atoms with Crippen LogP contribution in [0.2, 0.25) is 0 Å². The highest BCUT2D eigenvalue weighted by molar-refractivity contribution is 7.91. The molecule has 1 aliphatic rings. The van der Waals surface area contributed by atoms with Gasteiger partial charge in [-0.25, -0.2) is 8.42 Å². The molecule has 96 valence electrons. The highest BCUT2D eigenvalue weighted by Gasteiger charge is 2.29. The quantitative estimate of drug-likeness (QED) is 0.756. The van der Waals surface area contributed by atoms with Gasteiger partial charge in [0, 0.05) is 12.6 Å². The number of hydrogen-bond donors (Lipinski definition) is 1. The van der Waals surface area contributed by atoms with Crippen LogP contribution >= 0.6 is 0 Å². The molecule has 1 fully saturated rings. The molecular weight excluding hydrogens is 247 g/mol. The van der Waals surface area contributed by atoms with Gasteiger partial charge in [-0.15, -0.1) is 13.2 Å². The first-order chi connectivity index (χ1) is 7.29. The van der Waals surface area contributed by atoms with Gasteiger partial charge in [0.25, 0.3) is 0 Å². The molecule has 0 aromatic rings. The minimum Gasteiger partial charge on any atom is -0.311 e. The molecule has 0 bridgehead atoms. The zero-order valence-corrected chi connectivity index (χ0v) is 9.40. The number of ether oxygens (including phenoxy) is 1. The molecule has 0 aliphatic carbocycles. The predicted molar refractivity (Wildman–Crippen MR) is 51.7 cm³/mol. The summed E-state index contributed by atoms with van der Waals surface area (Å²) in [6.45, 7) is -0.500. The second-order valence-corrected chi connectivity index (χ2v) is 5.93. The maximum atomic E-state index is 11.6. The first-order valence-corrected chi connectivity index (χ1v) is 6.75. The Morgan fingerprint density at radius 2 is 2.06 bits per heavy atom. The van der Waals surface area contributed by atoms with E-state index in [1.807, 2.05) is 0 Å². The van der Waals surface area contributed by atoms with Gasteiger partial charge in [-0.3, -0.25) is 4.74 Å². The first kappa shape index (κ1) is 13.7. The molecule has 0 radical (unpaired) electrons. The molecule has 0 saturated carbocycles. The lowest BCUT2D eigenvalue weighted by Crippen LogP contribution is -2.41. The minimum atomic E-state index is -4.62. The molecule has 16 heavy (non-hydrogen) atoms. The standard InChI is InChI=1S/C8H14F3NO3S/c9-8(10,11)15-4-3-12-7-2-1-5-16(13,14)6-7/h7,12H,1-6H2. The van der Waals surface area contributed by atoms with Crippen LogP contribution in [0.5, 0.6) is 0 Å². The van der Waals surface area contributed by atoms with Crippen molar-refractivity contribution in [1.29, 1.82) is 0 Å². The molecule has 1 unspecified atom stereocenters. The zero-order valence-electron chi connectivity index (χ0n) is 8.59. The van der Waals surface area contributed by atoms with Crippen molar-refractivity contribution in [2.75, 3.05) is 24.7 Å². The van der Waals surface area contributed by atoms with Crippen molar-refractivity contribution in [2.45, 2.75) is 25.2 Å². The predicted octanol–water partition coefficient (Wildman–Crippen LogP) is 0.690. The van der Waals surface area contributed by atoms with Crippen molar-refractivity contribution in [3.05, 3.63) is 0 Å². The van der Waals surface area contributed by atoms with Crippen molar-refractivity contribution in [1.82, 2.24) is 5.32 Å². The molecular formula is C8H14F3NO3S. The first-order valence-electron chi connectivity index (χ1n) is 4.93. The van der Waals surface area contributed by atoms with Crippen LogP contribution in [0.25, 0.3) is 0 Å². The van der Waals surface area contributed by atoms with E-state index in [1.165, 1.54) is 0 Å². The molecule has 0 aromatic heterocycles. The van der Waals surface area contributed by atoms with E-state index in [9.17, 15) is 21.6 Å². The highest BCUT2D eigenvalue weighted by Crippen LogP contribution is 2.15. The number of rotatable bonds is 4. The summed E-state index contributed by atoms with van der Waals surface area (Å²) in [5.74, 6) is 0.170. The van der Waals surface area contributed by atoms with Gasteiger partial charge in [0.05, 0.1) is 18.1 Å². The van der Waals surface area contributed by atoms with E-state index in [1.54, 1.807) is 0 Å². The largest absolute Gasteiger partial charge is 0.522 e. The number of sulfone groups is 1. The van der Waals surface area contributed by atoms with Crippen LogP contribution in [0, 0.1) is 0 Å². The van der Waals surface area contributed by atoms with Gasteiger partial charge in [-0.1, -0.05) is 0 Å². The molecule has 4 nitrogen and oxygen atoms in total. The van der Waals surface area contributed by atoms with Crippen molar-refractivity contribution in [3.63, 3.8) is 0 Å². The molecule has 1 N–H and O–H groups in total. The summed E-state index contributed by atoms with van der Waals surface area (Å²) < 4.78 is 60.8. The average Bonchev–Trinajstić information content (AvgIpc) is 2.09. The van der Waals surface area contributed by atoms with E-state index >= 15 is 0 Å². The summed E-state index contributed by atoms with van der Waals surface area (Å²) in [6.07, 6.45) is -3.40. The Hall–Kier alpha value is -0.340. The third-order valence-electron chi connectivity index (χ3n) is 2.26. The molecule has 0 aromatic carbocycles. The Morgan fingerprint density at radius 3 is 2.62 bits per heavy atom. The van der Waals surface area contributed by atoms with E-state index in [-0.39, 0.29) is 24.1 Å². The van der Waals surface area contributed by atoms with Gasteiger partial charge in [-0.05, 0) is 12.8 Å². The number of alkyl halides is 3. The Labute approximate surface area is 92.1 Å². The van der Waals surface area contributed by atoms with Gasteiger partial charge in [0.15, 0.2) is 9.84 Å². The normalized spacial score (nSPS) is 25.6. The van der Waals surface area contributed by atoms with Crippen LogP contribution in [-0.2, 0) is 14.6 Å². The van der Waals surface area contributed by atoms with Crippen molar-refractivity contribution >= 4 is 9.84 Å². The lowest BCUT2D eigenvalue weighted by molar-refractivity contribution is -0.323. The van der Waals surface area contributed by atoms with Crippen molar-refractivity contribution < 1.29 is 26.3 Å². The van der Waals surface area contributed by atoms with Crippen LogP contribution < -0.4 is 5.32 Å². The Balaban J connectivity index is 2.18. The molecule has 1 saturated heterocycles. The van der Waals surface area contributed by atoms with Crippen LogP contribution in [0.1, 0.15) is 12.8 Å². The number of nitrogens with one attached hydrogen (secondary N) is 1. The molecule has 1 atom stereocenters. The van der Waals surface area contributed by atoms with Gasteiger partial charge in [0.2, 0.25) is 0 Å². The van der Waals surface area contributed by atoms with E-state index in [2.05, 4.69) is 10.1 Å². The number of hydrogen-bond acceptors (Lipinski definition) is 4. The van der Waals surface area contributed by atoms with E-state index < -0.39 is 22.8 Å². The number of halogens is 3. The SMILES string of the molecule is O=S1(=O)CCCC(NCCOC(F)(F)F)C1. The summed E-state index contributed by atoms with van der Waals surface area (Å²) in [4.78, 5) is 0. The van der Waals surface area contributed by atoms with E-state index in [0.717, 1.165) is 0 Å². The average molecular weight is 261 g/mol. The smallest absolute Gasteiger partial charge is 0.311 e. The third kappa shape index (κ3) is 5.66. The molecule has 8 heteroatoms. The highest BCUT2D eigenvalue weighted by atomic mass is 32.2. The Morgan fingerprint density at radius 1 is 1.38 bits per heavy atom. The van der Waals surface area contributed by atoms with Crippen molar-refractivity contribution in [2.24, 2.45) is 0 Å². The minimum absolute atomic E-state index is 0.000301. The topological polar surface area (TPSA) is 55.4 Å². The zero-order chi connectivity index (χ0) is 12.2. The molecule has 1 aliphatic heterocycles. The molecule has 0 spiro atoms. The summed E-state index contributed by atoms with van der Waals surface area (Å²) in [6, 6.07) is -0.254. The fourth-order valence-electron chi connectivity index (χ4n) is 1.61. The summed E-state index contributed by atoms with van der Waals surface area (Å²) >= 11 is 0. The van der Waals surface area contributed by atoms with Gasteiger partial charge in [0.1, 0.15) is 0 Å². The van der Waals surface area contributed by atoms with Gasteiger partial charge >= 0.3 is 6.36 Å². The summed E-state index contributed by atoms with van der Waals surface area (Å²) in [7, 11) is -3.02. The summed E-state index contributed by atoms with van der Waals surface area (Å²) in [5.41, 5.74) is 0. The third-order valence-corrected chi connectivity index (χ3v) is 4.08. The lowest BCUT2D eigenvalue weighted by Gasteiger charge is -2.23. The Bertz CT molecular complexity index is 315. The molecule has 1 rings (SSSR count). The summed E-state index contributed by atoms with van der Waals surface area (Å²) in [5, 5.41) is 2.75.